The number of carbonyl (C=O) groups is 1. The molecule has 1 amide bonds. The molecule has 0 saturated carbocycles. The Hall–Kier alpha value is -2.32. The summed E-state index contributed by atoms with van der Waals surface area (Å²) in [6.07, 6.45) is 3.44. The summed E-state index contributed by atoms with van der Waals surface area (Å²) < 4.78 is 0. The number of rotatable bonds is 1. The van der Waals surface area contributed by atoms with E-state index in [0.717, 1.165) is 21.7 Å². The molecular weight excluding hydrogens is 258 g/mol. The van der Waals surface area contributed by atoms with E-state index in [0.29, 0.717) is 11.3 Å². The van der Waals surface area contributed by atoms with Crippen LogP contribution in [0.15, 0.2) is 41.6 Å². The largest absolute Gasteiger partial charge is 0.323 e. The molecule has 0 atom stereocenters. The van der Waals surface area contributed by atoms with Crippen LogP contribution in [0.2, 0.25) is 0 Å². The second-order valence-corrected chi connectivity index (χ2v) is 5.08. The molecule has 1 aliphatic heterocycles. The summed E-state index contributed by atoms with van der Waals surface area (Å²) in [6, 6.07) is 9.44. The minimum Gasteiger partial charge on any atom is -0.323 e. The highest BCUT2D eigenvalue weighted by Crippen LogP contribution is 2.38. The number of carbonyl (C=O) groups excluding carboxylic acids is 1. The van der Waals surface area contributed by atoms with E-state index in [1.165, 1.54) is 11.8 Å². The minimum atomic E-state index is -0.00345. The second-order valence-electron chi connectivity index (χ2n) is 4.09. The molecule has 3 rings (SSSR count). The van der Waals surface area contributed by atoms with Gasteiger partial charge in [0.1, 0.15) is 0 Å². The lowest BCUT2D eigenvalue weighted by atomic mass is 10.1. The summed E-state index contributed by atoms with van der Waals surface area (Å²) in [7, 11) is 0. The Labute approximate surface area is 114 Å². The SMILES string of the molecule is N#Cc1ccc(-c2cncc3c2SCC(=O)N3)cc1. The van der Waals surface area contributed by atoms with Crippen LogP contribution in [0.5, 0.6) is 0 Å². The minimum absolute atomic E-state index is 0.00345. The fraction of sp³-hybridized carbons (Fsp3) is 0.0714. The van der Waals surface area contributed by atoms with Gasteiger partial charge in [-0.15, -0.1) is 11.8 Å². The van der Waals surface area contributed by atoms with Crippen molar-refractivity contribution in [1.29, 1.82) is 5.26 Å². The molecule has 4 nitrogen and oxygen atoms in total. The highest BCUT2D eigenvalue weighted by atomic mass is 32.2. The molecule has 0 bridgehead atoms. The van der Waals surface area contributed by atoms with Gasteiger partial charge in [0, 0.05) is 16.7 Å². The molecule has 92 valence electrons. The van der Waals surface area contributed by atoms with Gasteiger partial charge in [0.2, 0.25) is 5.91 Å². The van der Waals surface area contributed by atoms with Gasteiger partial charge in [0.15, 0.2) is 0 Å². The summed E-state index contributed by atoms with van der Waals surface area (Å²) in [5, 5.41) is 11.6. The van der Waals surface area contributed by atoms with Crippen molar-refractivity contribution in [1.82, 2.24) is 4.98 Å². The van der Waals surface area contributed by atoms with E-state index in [4.69, 9.17) is 5.26 Å². The number of benzene rings is 1. The molecular formula is C14H9N3OS. The van der Waals surface area contributed by atoms with Gasteiger partial charge in [-0.05, 0) is 17.7 Å². The maximum atomic E-state index is 11.4. The van der Waals surface area contributed by atoms with Crippen molar-refractivity contribution in [3.05, 3.63) is 42.2 Å². The van der Waals surface area contributed by atoms with Crippen molar-refractivity contribution < 1.29 is 4.79 Å². The molecule has 2 heterocycles. The number of hydrogen-bond donors (Lipinski definition) is 1. The molecule has 1 aromatic carbocycles. The van der Waals surface area contributed by atoms with Crippen LogP contribution in [-0.4, -0.2) is 16.6 Å². The van der Waals surface area contributed by atoms with Crippen molar-refractivity contribution in [2.24, 2.45) is 0 Å². The zero-order chi connectivity index (χ0) is 13.2. The molecule has 0 unspecified atom stereocenters. The number of hydrogen-bond acceptors (Lipinski definition) is 4. The zero-order valence-electron chi connectivity index (χ0n) is 9.88. The molecule has 0 fully saturated rings. The van der Waals surface area contributed by atoms with E-state index in [2.05, 4.69) is 16.4 Å². The highest BCUT2D eigenvalue weighted by molar-refractivity contribution is 8.00. The van der Waals surface area contributed by atoms with E-state index in [1.807, 2.05) is 12.1 Å². The zero-order valence-corrected chi connectivity index (χ0v) is 10.7. The number of pyridine rings is 1. The molecule has 0 radical (unpaired) electrons. The Balaban J connectivity index is 2.08. The average molecular weight is 267 g/mol. The van der Waals surface area contributed by atoms with Gasteiger partial charge in [-0.2, -0.15) is 5.26 Å². The number of nitrogens with zero attached hydrogens (tertiary/aromatic N) is 2. The van der Waals surface area contributed by atoms with E-state index in [9.17, 15) is 4.79 Å². The number of amides is 1. The molecule has 0 saturated heterocycles. The fourth-order valence-corrected chi connectivity index (χ4v) is 2.88. The summed E-state index contributed by atoms with van der Waals surface area (Å²) in [5.74, 6) is 0.414. The van der Waals surface area contributed by atoms with Crippen molar-refractivity contribution in [2.45, 2.75) is 4.90 Å². The molecule has 5 heteroatoms. The lowest BCUT2D eigenvalue weighted by Crippen LogP contribution is -2.19. The first-order valence-electron chi connectivity index (χ1n) is 5.69. The smallest absolute Gasteiger partial charge is 0.234 e. The second kappa shape index (κ2) is 4.75. The van der Waals surface area contributed by atoms with Gasteiger partial charge < -0.3 is 5.32 Å². The van der Waals surface area contributed by atoms with Crippen molar-refractivity contribution in [2.75, 3.05) is 11.1 Å². The van der Waals surface area contributed by atoms with Crippen LogP contribution in [-0.2, 0) is 4.79 Å². The molecule has 1 N–H and O–H groups in total. The van der Waals surface area contributed by atoms with E-state index in [-0.39, 0.29) is 5.91 Å². The predicted molar refractivity (Wildman–Crippen MR) is 73.7 cm³/mol. The maximum Gasteiger partial charge on any atom is 0.234 e. The number of nitriles is 1. The van der Waals surface area contributed by atoms with E-state index in [1.54, 1.807) is 24.5 Å². The van der Waals surface area contributed by atoms with Gasteiger partial charge >= 0.3 is 0 Å². The first-order valence-corrected chi connectivity index (χ1v) is 6.67. The first-order chi connectivity index (χ1) is 9.28. The third-order valence-electron chi connectivity index (χ3n) is 2.84. The molecule has 1 aliphatic rings. The lowest BCUT2D eigenvalue weighted by Gasteiger charge is -2.18. The fourth-order valence-electron chi connectivity index (χ4n) is 1.95. The lowest BCUT2D eigenvalue weighted by molar-refractivity contribution is -0.113. The Morgan fingerprint density at radius 1 is 1.26 bits per heavy atom. The molecule has 0 aliphatic carbocycles. The monoisotopic (exact) mass is 267 g/mol. The van der Waals surface area contributed by atoms with Crippen LogP contribution >= 0.6 is 11.8 Å². The number of fused-ring (bicyclic) bond motifs is 1. The van der Waals surface area contributed by atoms with Gasteiger partial charge in [-0.25, -0.2) is 0 Å². The maximum absolute atomic E-state index is 11.4. The van der Waals surface area contributed by atoms with Crippen LogP contribution in [0, 0.1) is 11.3 Å². The molecule has 1 aromatic heterocycles. The topological polar surface area (TPSA) is 65.8 Å². The molecule has 2 aromatic rings. The third kappa shape index (κ3) is 2.18. The van der Waals surface area contributed by atoms with Gasteiger partial charge in [0.25, 0.3) is 0 Å². The number of anilines is 1. The number of aromatic nitrogens is 1. The van der Waals surface area contributed by atoms with Gasteiger partial charge in [-0.3, -0.25) is 9.78 Å². The summed E-state index contributed by atoms with van der Waals surface area (Å²) in [4.78, 5) is 16.5. The Bertz CT molecular complexity index is 689. The van der Waals surface area contributed by atoms with Crippen molar-refractivity contribution in [3.63, 3.8) is 0 Å². The normalized spacial score (nSPS) is 13.3. The van der Waals surface area contributed by atoms with Gasteiger partial charge in [-0.1, -0.05) is 12.1 Å². The Morgan fingerprint density at radius 2 is 2.05 bits per heavy atom. The van der Waals surface area contributed by atoms with Crippen LogP contribution in [0.1, 0.15) is 5.56 Å². The number of nitrogens with one attached hydrogen (secondary N) is 1. The molecule has 0 spiro atoms. The standard InChI is InChI=1S/C14H9N3OS/c15-5-9-1-3-10(4-2-9)11-6-16-7-12-14(11)19-8-13(18)17-12/h1-4,6-7H,8H2,(H,17,18). The Morgan fingerprint density at radius 3 is 2.79 bits per heavy atom. The summed E-state index contributed by atoms with van der Waals surface area (Å²) in [5.41, 5.74) is 3.35. The summed E-state index contributed by atoms with van der Waals surface area (Å²) >= 11 is 1.51. The first kappa shape index (κ1) is 11.8. The van der Waals surface area contributed by atoms with Crippen LogP contribution in [0.3, 0.4) is 0 Å². The van der Waals surface area contributed by atoms with Crippen LogP contribution < -0.4 is 5.32 Å². The van der Waals surface area contributed by atoms with Crippen molar-refractivity contribution in [3.8, 4) is 17.2 Å². The Kier molecular flexibility index (Phi) is 2.94. The van der Waals surface area contributed by atoms with Crippen LogP contribution in [0.4, 0.5) is 5.69 Å². The highest BCUT2D eigenvalue weighted by Gasteiger charge is 2.19. The third-order valence-corrected chi connectivity index (χ3v) is 3.98. The molecule has 19 heavy (non-hydrogen) atoms. The van der Waals surface area contributed by atoms with Crippen LogP contribution in [0.25, 0.3) is 11.1 Å². The number of thioether (sulfide) groups is 1. The van der Waals surface area contributed by atoms with E-state index < -0.39 is 0 Å². The predicted octanol–water partition coefficient (Wildman–Crippen LogP) is 2.66. The quantitative estimate of drug-likeness (QED) is 0.862. The van der Waals surface area contributed by atoms with E-state index >= 15 is 0 Å². The van der Waals surface area contributed by atoms with Crippen molar-refractivity contribution >= 4 is 23.4 Å². The van der Waals surface area contributed by atoms with Gasteiger partial charge in [0.05, 0.1) is 29.3 Å². The average Bonchev–Trinajstić information content (AvgIpc) is 2.46. The summed E-state index contributed by atoms with van der Waals surface area (Å²) in [6.45, 7) is 0.